The van der Waals surface area contributed by atoms with Crippen LogP contribution in [0.2, 0.25) is 0 Å². The number of amides is 2. The Hall–Kier alpha value is -4.25. The van der Waals surface area contributed by atoms with Gasteiger partial charge in [-0.2, -0.15) is 0 Å². The molecule has 0 saturated heterocycles. The summed E-state index contributed by atoms with van der Waals surface area (Å²) in [7, 11) is 1.66. The second-order valence-electron chi connectivity index (χ2n) is 15.1. The van der Waals surface area contributed by atoms with Crippen LogP contribution in [0.5, 0.6) is 5.75 Å². The van der Waals surface area contributed by atoms with Crippen molar-refractivity contribution in [2.75, 3.05) is 12.0 Å². The van der Waals surface area contributed by atoms with Crippen LogP contribution < -0.4 is 15.0 Å². The number of anilines is 1. The van der Waals surface area contributed by atoms with E-state index >= 15 is 0 Å². The standard InChI is InChI=1S/C39H49N5O6/c1-23-34(48-4)16-15-32(41-23)26-7-5-25(6-8-26)24(2)44(35-19-29(17-18-40-35)33-22-49-36(43-33)27-9-10-27)37(45)28-11-13-31(14-12-28)50-38(46)42-30-20-39(3,47)21-30/h15-19,22,25-28,30-31,47H,2,5-14,20-21H2,1,3-4H3,(H,42,46). The first-order valence-electron chi connectivity index (χ1n) is 18.2. The van der Waals surface area contributed by atoms with Gasteiger partial charge in [0.15, 0.2) is 5.89 Å². The number of ether oxygens (including phenoxy) is 2. The number of hydrogen-bond donors (Lipinski definition) is 2. The number of aryl methyl sites for hydroxylation is 1. The maximum absolute atomic E-state index is 14.5. The number of carbonyl (C=O) groups is 2. The maximum atomic E-state index is 14.5. The van der Waals surface area contributed by atoms with E-state index in [1.807, 2.05) is 25.1 Å². The maximum Gasteiger partial charge on any atom is 0.407 e. The van der Waals surface area contributed by atoms with Crippen molar-refractivity contribution in [2.45, 2.75) is 120 Å². The number of pyridine rings is 2. The molecule has 2 amide bonds. The van der Waals surface area contributed by atoms with Gasteiger partial charge in [0.05, 0.1) is 18.4 Å². The molecule has 0 spiro atoms. The molecule has 11 nitrogen and oxygen atoms in total. The van der Waals surface area contributed by atoms with Gasteiger partial charge in [0.25, 0.3) is 0 Å². The normalized spacial score (nSPS) is 27.9. The van der Waals surface area contributed by atoms with E-state index in [-0.39, 0.29) is 29.9 Å². The summed E-state index contributed by atoms with van der Waals surface area (Å²) in [6.07, 6.45) is 12.0. The Kier molecular flexibility index (Phi) is 9.69. The Bertz CT molecular complexity index is 1710. The Morgan fingerprint density at radius 1 is 0.980 bits per heavy atom. The number of aromatic nitrogens is 3. The number of rotatable bonds is 10. The van der Waals surface area contributed by atoms with Crippen molar-refractivity contribution in [3.8, 4) is 17.0 Å². The quantitative estimate of drug-likeness (QED) is 0.225. The summed E-state index contributed by atoms with van der Waals surface area (Å²) in [4.78, 5) is 43.1. The zero-order chi connectivity index (χ0) is 35.0. The Morgan fingerprint density at radius 3 is 2.34 bits per heavy atom. The topological polar surface area (TPSA) is 140 Å². The number of alkyl carbamates (subject to hydrolysis) is 1. The minimum absolute atomic E-state index is 0.0207. The molecule has 4 fully saturated rings. The van der Waals surface area contributed by atoms with Crippen molar-refractivity contribution in [3.63, 3.8) is 0 Å². The lowest BCUT2D eigenvalue weighted by atomic mass is 9.77. The number of hydrogen-bond acceptors (Lipinski definition) is 9. The van der Waals surface area contributed by atoms with E-state index in [1.54, 1.807) is 31.4 Å². The third-order valence-corrected chi connectivity index (χ3v) is 11.1. The van der Waals surface area contributed by atoms with Crippen LogP contribution >= 0.6 is 0 Å². The molecule has 0 bridgehead atoms. The van der Waals surface area contributed by atoms with Gasteiger partial charge in [-0.1, -0.05) is 6.58 Å². The molecule has 0 aliphatic heterocycles. The SMILES string of the molecule is C=C(C1CCC(c2ccc(OC)c(C)n2)CC1)N(C(=O)C1CCC(OC(=O)NC2CC(C)(O)C2)CC1)c1cc(-c2coc(C3CC3)n2)ccn1. The van der Waals surface area contributed by atoms with E-state index in [2.05, 4.69) is 18.0 Å². The summed E-state index contributed by atoms with van der Waals surface area (Å²) in [5.41, 5.74) is 3.60. The fourth-order valence-corrected chi connectivity index (χ4v) is 8.02. The van der Waals surface area contributed by atoms with E-state index in [1.165, 1.54) is 0 Å². The number of aliphatic hydroxyl groups is 1. The van der Waals surface area contributed by atoms with Crippen molar-refractivity contribution >= 4 is 17.8 Å². The van der Waals surface area contributed by atoms with Gasteiger partial charge in [-0.05, 0) is 121 Å². The molecule has 3 aromatic heterocycles. The van der Waals surface area contributed by atoms with E-state index in [9.17, 15) is 14.7 Å². The highest BCUT2D eigenvalue weighted by molar-refractivity contribution is 5.97. The van der Waals surface area contributed by atoms with Gasteiger partial charge >= 0.3 is 6.09 Å². The summed E-state index contributed by atoms with van der Waals surface area (Å²) in [5.74, 6) is 2.68. The van der Waals surface area contributed by atoms with E-state index in [0.29, 0.717) is 56.2 Å². The molecule has 0 radical (unpaired) electrons. The first-order chi connectivity index (χ1) is 24.1. The molecule has 11 heteroatoms. The largest absolute Gasteiger partial charge is 0.495 e. The first-order valence-corrected chi connectivity index (χ1v) is 18.2. The molecular formula is C39H49N5O6. The van der Waals surface area contributed by atoms with Crippen LogP contribution in [0.3, 0.4) is 0 Å². The molecule has 4 aliphatic rings. The molecule has 0 unspecified atom stereocenters. The highest BCUT2D eigenvalue weighted by Crippen LogP contribution is 2.43. The zero-order valence-electron chi connectivity index (χ0n) is 29.4. The highest BCUT2D eigenvalue weighted by Gasteiger charge is 2.40. The van der Waals surface area contributed by atoms with Gasteiger partial charge in [0, 0.05) is 46.9 Å². The Labute approximate surface area is 293 Å². The van der Waals surface area contributed by atoms with Crippen LogP contribution in [-0.4, -0.2) is 56.9 Å². The van der Waals surface area contributed by atoms with Crippen LogP contribution in [0.4, 0.5) is 10.6 Å². The van der Waals surface area contributed by atoms with Crippen molar-refractivity contribution < 1.29 is 28.6 Å². The summed E-state index contributed by atoms with van der Waals surface area (Å²) in [5, 5.41) is 12.8. The van der Waals surface area contributed by atoms with Gasteiger partial charge in [0.1, 0.15) is 29.6 Å². The highest BCUT2D eigenvalue weighted by atomic mass is 16.6. The molecule has 3 aromatic rings. The molecule has 0 aromatic carbocycles. The molecule has 266 valence electrons. The third-order valence-electron chi connectivity index (χ3n) is 11.1. The molecule has 4 saturated carbocycles. The van der Waals surface area contributed by atoms with Gasteiger partial charge < -0.3 is 24.3 Å². The summed E-state index contributed by atoms with van der Waals surface area (Å²) >= 11 is 0. The van der Waals surface area contributed by atoms with Crippen molar-refractivity contribution in [1.82, 2.24) is 20.3 Å². The van der Waals surface area contributed by atoms with Gasteiger partial charge in [-0.25, -0.2) is 14.8 Å². The minimum Gasteiger partial charge on any atom is -0.495 e. The van der Waals surface area contributed by atoms with Crippen LogP contribution in [-0.2, 0) is 9.53 Å². The summed E-state index contributed by atoms with van der Waals surface area (Å²) in [6, 6.07) is 7.82. The van der Waals surface area contributed by atoms with Crippen molar-refractivity contribution in [1.29, 1.82) is 0 Å². The molecular weight excluding hydrogens is 634 g/mol. The predicted molar refractivity (Wildman–Crippen MR) is 188 cm³/mol. The zero-order valence-corrected chi connectivity index (χ0v) is 29.4. The van der Waals surface area contributed by atoms with Crippen LogP contribution in [0, 0.1) is 18.8 Å². The molecule has 3 heterocycles. The summed E-state index contributed by atoms with van der Waals surface area (Å²) < 4.78 is 16.9. The second kappa shape index (κ2) is 14.2. The lowest BCUT2D eigenvalue weighted by Crippen LogP contribution is -2.53. The number of methoxy groups -OCH3 is 1. The van der Waals surface area contributed by atoms with Crippen molar-refractivity contribution in [3.05, 3.63) is 66.3 Å². The number of allylic oxidation sites excluding steroid dienone is 1. The van der Waals surface area contributed by atoms with Crippen LogP contribution in [0.1, 0.15) is 113 Å². The smallest absolute Gasteiger partial charge is 0.407 e. The van der Waals surface area contributed by atoms with Gasteiger partial charge in [-0.3, -0.25) is 14.7 Å². The molecule has 4 aliphatic carbocycles. The lowest BCUT2D eigenvalue weighted by molar-refractivity contribution is -0.123. The molecule has 2 N–H and O–H groups in total. The minimum atomic E-state index is -0.721. The molecule has 0 atom stereocenters. The molecule has 50 heavy (non-hydrogen) atoms. The van der Waals surface area contributed by atoms with Crippen molar-refractivity contribution in [2.24, 2.45) is 11.8 Å². The predicted octanol–water partition coefficient (Wildman–Crippen LogP) is 7.35. The second-order valence-corrected chi connectivity index (χ2v) is 15.1. The lowest BCUT2D eigenvalue weighted by Gasteiger charge is -2.41. The van der Waals surface area contributed by atoms with E-state index in [0.717, 1.165) is 78.5 Å². The number of nitrogens with one attached hydrogen (secondary N) is 1. The van der Waals surface area contributed by atoms with E-state index in [4.69, 9.17) is 28.8 Å². The Morgan fingerprint density at radius 2 is 1.68 bits per heavy atom. The van der Waals surface area contributed by atoms with Crippen LogP contribution in [0.15, 0.2) is 53.4 Å². The number of carbonyl (C=O) groups excluding carboxylic acids is 2. The fraction of sp³-hybridized carbons (Fsp3) is 0.564. The third kappa shape index (κ3) is 7.57. The monoisotopic (exact) mass is 683 g/mol. The number of nitrogens with zero attached hydrogens (tertiary/aromatic N) is 4. The average molecular weight is 684 g/mol. The fourth-order valence-electron chi connectivity index (χ4n) is 8.02. The average Bonchev–Trinajstić information content (AvgIpc) is 3.83. The van der Waals surface area contributed by atoms with E-state index < -0.39 is 11.7 Å². The Balaban J connectivity index is 1.05. The first kappa shape index (κ1) is 34.2. The summed E-state index contributed by atoms with van der Waals surface area (Å²) in [6.45, 7) is 8.29. The van der Waals surface area contributed by atoms with Gasteiger partial charge in [-0.15, -0.1) is 0 Å². The van der Waals surface area contributed by atoms with Crippen LogP contribution in [0.25, 0.3) is 11.3 Å². The van der Waals surface area contributed by atoms with Gasteiger partial charge in [0.2, 0.25) is 5.91 Å². The molecule has 7 rings (SSSR count). The number of oxazole rings is 1.